The predicted octanol–water partition coefficient (Wildman–Crippen LogP) is 1.69. The average Bonchev–Trinajstić information content (AvgIpc) is 2.68. The van der Waals surface area contributed by atoms with Gasteiger partial charge in [0.1, 0.15) is 0 Å². The van der Waals surface area contributed by atoms with Crippen LogP contribution in [0.2, 0.25) is 0 Å². The van der Waals surface area contributed by atoms with E-state index in [0.717, 1.165) is 34.1 Å². The summed E-state index contributed by atoms with van der Waals surface area (Å²) in [6.45, 7) is 9.49. The van der Waals surface area contributed by atoms with E-state index >= 15 is 0 Å². The van der Waals surface area contributed by atoms with E-state index in [1.165, 1.54) is 19.6 Å². The van der Waals surface area contributed by atoms with Crippen LogP contribution in [0.3, 0.4) is 0 Å². The summed E-state index contributed by atoms with van der Waals surface area (Å²) in [5.74, 6) is 0.153. The SMILES string of the molecule is CC[NH+](CC)CCC[NH2+]CC(=O)N1c2ccccc2Sc2ccccc21. The maximum Gasteiger partial charge on any atom is 0.286 e. The summed E-state index contributed by atoms with van der Waals surface area (Å²) in [7, 11) is 0. The first kappa shape index (κ1) is 19.0. The van der Waals surface area contributed by atoms with Gasteiger partial charge in [-0.15, -0.1) is 0 Å². The second-order valence-corrected chi connectivity index (χ2v) is 7.69. The number of hydrogen-bond donors (Lipinski definition) is 2. The van der Waals surface area contributed by atoms with Gasteiger partial charge in [-0.2, -0.15) is 0 Å². The molecule has 138 valence electrons. The Kier molecular flexibility index (Phi) is 6.72. The largest absolute Gasteiger partial charge is 0.338 e. The fraction of sp³-hybridized carbons (Fsp3) is 0.381. The smallest absolute Gasteiger partial charge is 0.286 e. The molecule has 1 aliphatic rings. The predicted molar refractivity (Wildman–Crippen MR) is 107 cm³/mol. The molecule has 26 heavy (non-hydrogen) atoms. The Labute approximate surface area is 160 Å². The van der Waals surface area contributed by atoms with Crippen LogP contribution in [-0.4, -0.2) is 38.6 Å². The van der Waals surface area contributed by atoms with Crippen LogP contribution in [0.15, 0.2) is 58.3 Å². The zero-order chi connectivity index (χ0) is 18.4. The zero-order valence-electron chi connectivity index (χ0n) is 15.7. The van der Waals surface area contributed by atoms with E-state index in [1.54, 1.807) is 16.7 Å². The number of fused-ring (bicyclic) bond motifs is 2. The summed E-state index contributed by atoms with van der Waals surface area (Å²) in [5, 5.41) is 2.15. The highest BCUT2D eigenvalue weighted by molar-refractivity contribution is 7.99. The van der Waals surface area contributed by atoms with Gasteiger partial charge in [-0.3, -0.25) is 9.69 Å². The van der Waals surface area contributed by atoms with Crippen LogP contribution in [0.5, 0.6) is 0 Å². The molecule has 0 radical (unpaired) electrons. The van der Waals surface area contributed by atoms with Gasteiger partial charge in [0.05, 0.1) is 37.6 Å². The Morgan fingerprint density at radius 3 is 2.15 bits per heavy atom. The summed E-state index contributed by atoms with van der Waals surface area (Å²) in [6.07, 6.45) is 1.15. The molecular weight excluding hydrogens is 342 g/mol. The molecule has 0 bridgehead atoms. The van der Waals surface area contributed by atoms with Gasteiger partial charge in [0.15, 0.2) is 6.54 Å². The number of nitrogens with two attached hydrogens (primary N) is 1. The summed E-state index contributed by atoms with van der Waals surface area (Å²) in [6, 6.07) is 16.3. The Bertz CT molecular complexity index is 700. The standard InChI is InChI=1S/C21H27N3OS/c1-3-23(4-2)15-9-14-22-16-21(25)24-17-10-5-7-12-19(17)26-20-13-8-6-11-18(20)24/h5-8,10-13,22H,3-4,9,14-16H2,1-2H3/p+2. The first-order valence-corrected chi connectivity index (χ1v) is 10.4. The maximum atomic E-state index is 13.0. The minimum atomic E-state index is 0.153. The van der Waals surface area contributed by atoms with Crippen molar-refractivity contribution in [2.75, 3.05) is 37.6 Å². The maximum absolute atomic E-state index is 13.0. The van der Waals surface area contributed by atoms with Crippen LogP contribution in [0.4, 0.5) is 11.4 Å². The molecule has 0 atom stereocenters. The topological polar surface area (TPSA) is 41.4 Å². The van der Waals surface area contributed by atoms with Crippen LogP contribution < -0.4 is 15.1 Å². The van der Waals surface area contributed by atoms with E-state index in [1.807, 2.05) is 41.3 Å². The number of nitrogens with one attached hydrogen (secondary N) is 1. The molecule has 1 aliphatic heterocycles. The summed E-state index contributed by atoms with van der Waals surface area (Å²) < 4.78 is 0. The van der Waals surface area contributed by atoms with Crippen LogP contribution in [0, 0.1) is 0 Å². The number of amides is 1. The lowest BCUT2D eigenvalue weighted by Crippen LogP contribution is -3.11. The van der Waals surface area contributed by atoms with E-state index in [4.69, 9.17) is 0 Å². The number of nitrogens with zero attached hydrogens (tertiary/aromatic N) is 1. The molecule has 0 aliphatic carbocycles. The normalized spacial score (nSPS) is 12.8. The molecule has 5 heteroatoms. The Balaban J connectivity index is 1.64. The highest BCUT2D eigenvalue weighted by atomic mass is 32.2. The van der Waals surface area contributed by atoms with Gasteiger partial charge >= 0.3 is 0 Å². The molecule has 1 amide bonds. The first-order valence-electron chi connectivity index (χ1n) is 9.58. The van der Waals surface area contributed by atoms with Gasteiger partial charge in [0.2, 0.25) is 0 Å². The van der Waals surface area contributed by atoms with Gasteiger partial charge in [0.25, 0.3) is 5.91 Å². The molecule has 0 fully saturated rings. The number of para-hydroxylation sites is 2. The van der Waals surface area contributed by atoms with E-state index in [2.05, 4.69) is 31.3 Å². The van der Waals surface area contributed by atoms with Gasteiger partial charge in [-0.1, -0.05) is 36.0 Å². The highest BCUT2D eigenvalue weighted by Crippen LogP contribution is 2.47. The second-order valence-electron chi connectivity index (χ2n) is 6.61. The molecule has 4 nitrogen and oxygen atoms in total. The highest BCUT2D eigenvalue weighted by Gasteiger charge is 2.28. The van der Waals surface area contributed by atoms with Crippen LogP contribution in [0.1, 0.15) is 20.3 Å². The van der Waals surface area contributed by atoms with Crippen molar-refractivity contribution in [1.29, 1.82) is 0 Å². The Morgan fingerprint density at radius 1 is 1.00 bits per heavy atom. The summed E-state index contributed by atoms with van der Waals surface area (Å²) >= 11 is 1.74. The van der Waals surface area contributed by atoms with E-state index in [9.17, 15) is 4.79 Å². The quantitative estimate of drug-likeness (QED) is 0.694. The summed E-state index contributed by atoms with van der Waals surface area (Å²) in [5.41, 5.74) is 2.00. The third-order valence-electron chi connectivity index (χ3n) is 4.94. The fourth-order valence-corrected chi connectivity index (χ4v) is 4.45. The van der Waals surface area contributed by atoms with Gasteiger partial charge in [0, 0.05) is 16.2 Å². The molecule has 3 rings (SSSR count). The van der Waals surface area contributed by atoms with Crippen molar-refractivity contribution in [3.05, 3.63) is 48.5 Å². The van der Waals surface area contributed by atoms with Crippen molar-refractivity contribution in [2.24, 2.45) is 0 Å². The molecule has 3 N–H and O–H groups in total. The minimum Gasteiger partial charge on any atom is -0.338 e. The van der Waals surface area contributed by atoms with Crippen molar-refractivity contribution in [1.82, 2.24) is 0 Å². The van der Waals surface area contributed by atoms with Crippen molar-refractivity contribution in [2.45, 2.75) is 30.1 Å². The Morgan fingerprint density at radius 2 is 1.58 bits per heavy atom. The van der Waals surface area contributed by atoms with Crippen LogP contribution >= 0.6 is 11.8 Å². The lowest BCUT2D eigenvalue weighted by Gasteiger charge is -2.30. The number of anilines is 2. The number of benzene rings is 2. The molecule has 0 spiro atoms. The molecular formula is C21H29N3OS+2. The molecule has 0 saturated carbocycles. The molecule has 2 aromatic carbocycles. The van der Waals surface area contributed by atoms with E-state index < -0.39 is 0 Å². The van der Waals surface area contributed by atoms with E-state index in [0.29, 0.717) is 6.54 Å². The number of carbonyl (C=O) groups excluding carboxylic acids is 1. The molecule has 1 heterocycles. The first-order chi connectivity index (χ1) is 12.7. The molecule has 2 aromatic rings. The molecule has 0 unspecified atom stereocenters. The Hall–Kier alpha value is -1.82. The number of carbonyl (C=O) groups is 1. The van der Waals surface area contributed by atoms with Crippen LogP contribution in [0.25, 0.3) is 0 Å². The number of hydrogen-bond acceptors (Lipinski definition) is 2. The second kappa shape index (κ2) is 9.21. The molecule has 0 aromatic heterocycles. The third-order valence-corrected chi connectivity index (χ3v) is 6.07. The summed E-state index contributed by atoms with van der Waals surface area (Å²) in [4.78, 5) is 18.8. The van der Waals surface area contributed by atoms with E-state index in [-0.39, 0.29) is 5.91 Å². The van der Waals surface area contributed by atoms with Crippen molar-refractivity contribution in [3.63, 3.8) is 0 Å². The zero-order valence-corrected chi connectivity index (χ0v) is 16.5. The average molecular weight is 372 g/mol. The third kappa shape index (κ3) is 4.29. The lowest BCUT2D eigenvalue weighted by atomic mass is 10.2. The van der Waals surface area contributed by atoms with Gasteiger partial charge in [-0.05, 0) is 38.1 Å². The number of rotatable bonds is 8. The lowest BCUT2D eigenvalue weighted by molar-refractivity contribution is -0.898. The monoisotopic (exact) mass is 371 g/mol. The van der Waals surface area contributed by atoms with Crippen LogP contribution in [-0.2, 0) is 4.79 Å². The van der Waals surface area contributed by atoms with Crippen molar-refractivity contribution < 1.29 is 15.0 Å². The van der Waals surface area contributed by atoms with Gasteiger partial charge < -0.3 is 10.2 Å². The van der Waals surface area contributed by atoms with Gasteiger partial charge in [-0.25, -0.2) is 0 Å². The molecule has 0 saturated heterocycles. The van der Waals surface area contributed by atoms with Crippen molar-refractivity contribution in [3.8, 4) is 0 Å². The van der Waals surface area contributed by atoms with Crippen molar-refractivity contribution >= 4 is 29.0 Å². The minimum absolute atomic E-state index is 0.153. The number of quaternary nitrogens is 2. The fourth-order valence-electron chi connectivity index (χ4n) is 3.39.